The van der Waals surface area contributed by atoms with Crippen LogP contribution in [0.15, 0.2) is 42.5 Å². The van der Waals surface area contributed by atoms with Crippen LogP contribution in [0.2, 0.25) is 0 Å². The van der Waals surface area contributed by atoms with Crippen LogP contribution in [0.1, 0.15) is 48.5 Å². The van der Waals surface area contributed by atoms with Crippen molar-refractivity contribution in [2.75, 3.05) is 20.8 Å². The number of aryl methyl sites for hydroxylation is 1. The number of amides is 1. The summed E-state index contributed by atoms with van der Waals surface area (Å²) >= 11 is 0. The Morgan fingerprint density at radius 1 is 1.02 bits per heavy atom. The van der Waals surface area contributed by atoms with Crippen molar-refractivity contribution in [2.24, 2.45) is 24.8 Å². The Morgan fingerprint density at radius 3 is 2.50 bits per heavy atom. The van der Waals surface area contributed by atoms with E-state index in [2.05, 4.69) is 22.5 Å². The standard InChI is InChI=1S/C36H38FN5O4/c1-19-22-8-10-29(19)42(17-22)36(44)23-12-28-33(32(14-23)46-4)40(2)35(39-28)30-13-21-7-9-27(38-34(21)41(30)16-20-5-6-20)25-15-31(45-3)24(18-43)11-26(25)37/h7,9,11-15,19-20,22,29,43H,5-6,8,10,16-18H2,1-4H3/t19-,22?,29?/m1/s1. The van der Waals surface area contributed by atoms with E-state index in [1.165, 1.54) is 19.6 Å². The molecule has 3 aromatic heterocycles. The van der Waals surface area contributed by atoms with Crippen LogP contribution in [-0.2, 0) is 20.2 Å². The molecule has 2 saturated carbocycles. The number of carbonyl (C=O) groups is 1. The van der Waals surface area contributed by atoms with E-state index in [1.54, 1.807) is 13.2 Å². The second-order valence-electron chi connectivity index (χ2n) is 13.3. The van der Waals surface area contributed by atoms with Gasteiger partial charge in [0.2, 0.25) is 0 Å². The molecule has 2 aromatic carbocycles. The Bertz CT molecular complexity index is 2030. The fourth-order valence-electron chi connectivity index (χ4n) is 7.84. The van der Waals surface area contributed by atoms with Crippen molar-refractivity contribution in [3.05, 3.63) is 59.4 Å². The van der Waals surface area contributed by atoms with E-state index in [1.807, 2.05) is 35.9 Å². The number of aliphatic hydroxyl groups excluding tert-OH is 1. The highest BCUT2D eigenvalue weighted by Crippen LogP contribution is 2.44. The van der Waals surface area contributed by atoms with Gasteiger partial charge in [0, 0.05) is 48.3 Å². The molecule has 3 atom stereocenters. The smallest absolute Gasteiger partial charge is 0.254 e. The molecule has 0 radical (unpaired) electrons. The summed E-state index contributed by atoms with van der Waals surface area (Å²) in [6, 6.07) is 12.8. The van der Waals surface area contributed by atoms with Gasteiger partial charge in [0.15, 0.2) is 5.82 Å². The first-order valence-corrected chi connectivity index (χ1v) is 16.1. The SMILES string of the molecule is COc1cc(-c2ccc3cc(-c4nc5cc(C(=O)N6CC7CCC6[C@@H]7C)cc(OC)c5n4C)n(CC4CC4)c3n2)c(F)cc1CO. The summed E-state index contributed by atoms with van der Waals surface area (Å²) in [5, 5.41) is 10.6. The number of hydrogen-bond acceptors (Lipinski definition) is 6. The van der Waals surface area contributed by atoms with Gasteiger partial charge in [-0.05, 0) is 85.9 Å². The van der Waals surface area contributed by atoms with Crippen LogP contribution in [0.3, 0.4) is 0 Å². The Balaban J connectivity index is 1.24. The van der Waals surface area contributed by atoms with Crippen molar-refractivity contribution in [1.29, 1.82) is 0 Å². The summed E-state index contributed by atoms with van der Waals surface area (Å²) < 4.78 is 30.7. The average molecular weight is 624 g/mol. The third-order valence-corrected chi connectivity index (χ3v) is 10.6. The summed E-state index contributed by atoms with van der Waals surface area (Å²) in [6.07, 6.45) is 4.56. The molecule has 2 aliphatic carbocycles. The van der Waals surface area contributed by atoms with Gasteiger partial charge < -0.3 is 28.6 Å². The zero-order valence-corrected chi connectivity index (χ0v) is 26.6. The normalized spacial score (nSPS) is 20.7. The number of benzene rings is 2. The minimum absolute atomic E-state index is 0.0434. The van der Waals surface area contributed by atoms with Gasteiger partial charge in [-0.25, -0.2) is 14.4 Å². The summed E-state index contributed by atoms with van der Waals surface area (Å²) in [5.74, 6) is 3.00. The lowest BCUT2D eigenvalue weighted by atomic mass is 10.0. The fraction of sp³-hybridized carbons (Fsp3) is 0.417. The summed E-state index contributed by atoms with van der Waals surface area (Å²) in [5.41, 5.74) is 4.94. The number of likely N-dealkylation sites (tertiary alicyclic amines) is 1. The first kappa shape index (κ1) is 29.0. The molecule has 1 amide bonds. The largest absolute Gasteiger partial charge is 0.496 e. The maximum Gasteiger partial charge on any atom is 0.254 e. The number of fused-ring (bicyclic) bond motifs is 4. The lowest BCUT2D eigenvalue weighted by Crippen LogP contribution is -2.38. The van der Waals surface area contributed by atoms with Crippen LogP contribution in [0.5, 0.6) is 11.5 Å². The number of methoxy groups -OCH3 is 2. The van der Waals surface area contributed by atoms with E-state index >= 15 is 4.39 Å². The summed E-state index contributed by atoms with van der Waals surface area (Å²) in [4.78, 5) is 25.9. The molecule has 9 nitrogen and oxygen atoms in total. The van der Waals surface area contributed by atoms with Crippen LogP contribution in [0, 0.1) is 23.6 Å². The van der Waals surface area contributed by atoms with E-state index < -0.39 is 5.82 Å². The number of nitrogens with zero attached hydrogens (tertiary/aromatic N) is 5. The highest BCUT2D eigenvalue weighted by atomic mass is 19.1. The minimum Gasteiger partial charge on any atom is -0.496 e. The quantitative estimate of drug-likeness (QED) is 0.222. The minimum atomic E-state index is -0.471. The van der Waals surface area contributed by atoms with Gasteiger partial charge in [-0.1, -0.05) is 6.92 Å². The zero-order chi connectivity index (χ0) is 31.9. The second kappa shape index (κ2) is 10.8. The summed E-state index contributed by atoms with van der Waals surface area (Å²) in [6.45, 7) is 3.53. The highest BCUT2D eigenvalue weighted by Gasteiger charge is 2.46. The highest BCUT2D eigenvalue weighted by molar-refractivity contribution is 6.00. The van der Waals surface area contributed by atoms with Crippen molar-refractivity contribution >= 4 is 28.0 Å². The van der Waals surface area contributed by atoms with Gasteiger partial charge in [0.05, 0.1) is 37.7 Å². The number of ether oxygens (including phenoxy) is 2. The van der Waals surface area contributed by atoms with Crippen LogP contribution >= 0.6 is 0 Å². The molecule has 2 unspecified atom stereocenters. The number of carbonyl (C=O) groups excluding carboxylic acids is 1. The van der Waals surface area contributed by atoms with Gasteiger partial charge in [-0.15, -0.1) is 0 Å². The van der Waals surface area contributed by atoms with Crippen molar-refractivity contribution in [1.82, 2.24) is 24.0 Å². The predicted octanol–water partition coefficient (Wildman–Crippen LogP) is 6.19. The predicted molar refractivity (Wildman–Crippen MR) is 173 cm³/mol. The van der Waals surface area contributed by atoms with E-state index in [9.17, 15) is 9.90 Å². The van der Waals surface area contributed by atoms with E-state index in [4.69, 9.17) is 19.4 Å². The molecule has 238 valence electrons. The van der Waals surface area contributed by atoms with Crippen molar-refractivity contribution in [2.45, 2.75) is 51.8 Å². The fourth-order valence-corrected chi connectivity index (χ4v) is 7.84. The third kappa shape index (κ3) is 4.48. The lowest BCUT2D eigenvalue weighted by molar-refractivity contribution is 0.0696. The maximum absolute atomic E-state index is 15.3. The molecule has 0 spiro atoms. The van der Waals surface area contributed by atoms with Gasteiger partial charge in [-0.3, -0.25) is 4.79 Å². The van der Waals surface area contributed by atoms with Gasteiger partial charge in [0.25, 0.3) is 5.91 Å². The molecule has 5 aromatic rings. The molecular formula is C36H38FN5O4. The number of hydrogen-bond donors (Lipinski definition) is 1. The number of imidazole rings is 1. The molecule has 1 aliphatic heterocycles. The molecule has 2 bridgehead atoms. The van der Waals surface area contributed by atoms with Gasteiger partial charge >= 0.3 is 0 Å². The summed E-state index contributed by atoms with van der Waals surface area (Å²) in [7, 11) is 5.10. The first-order chi connectivity index (χ1) is 22.3. The first-order valence-electron chi connectivity index (χ1n) is 16.1. The Kier molecular flexibility index (Phi) is 6.83. The average Bonchev–Trinajstić information content (AvgIpc) is 3.47. The van der Waals surface area contributed by atoms with Crippen LogP contribution < -0.4 is 9.47 Å². The maximum atomic E-state index is 15.3. The van der Waals surface area contributed by atoms with Crippen LogP contribution in [-0.4, -0.2) is 61.8 Å². The second-order valence-corrected chi connectivity index (χ2v) is 13.3. The van der Waals surface area contributed by atoms with Gasteiger partial charge in [-0.2, -0.15) is 0 Å². The Labute approximate surface area is 266 Å². The van der Waals surface area contributed by atoms with E-state index in [0.29, 0.717) is 63.2 Å². The molecule has 8 rings (SSSR count). The van der Waals surface area contributed by atoms with Crippen molar-refractivity contribution in [3.8, 4) is 34.3 Å². The van der Waals surface area contributed by atoms with E-state index in [-0.39, 0.29) is 12.5 Å². The molecule has 1 saturated heterocycles. The molecule has 3 aliphatic rings. The molecule has 4 heterocycles. The van der Waals surface area contributed by atoms with Crippen LogP contribution in [0.4, 0.5) is 4.39 Å². The number of halogens is 1. The number of rotatable bonds is 8. The molecule has 46 heavy (non-hydrogen) atoms. The Morgan fingerprint density at radius 2 is 1.83 bits per heavy atom. The topological polar surface area (TPSA) is 94.6 Å². The van der Waals surface area contributed by atoms with Crippen LogP contribution in [0.25, 0.3) is 44.8 Å². The zero-order valence-electron chi connectivity index (χ0n) is 26.6. The molecule has 3 fully saturated rings. The molecule has 10 heteroatoms. The number of pyridine rings is 1. The monoisotopic (exact) mass is 623 g/mol. The molecule has 1 N–H and O–H groups in total. The lowest BCUT2D eigenvalue weighted by Gasteiger charge is -2.27. The molecular weight excluding hydrogens is 585 g/mol. The van der Waals surface area contributed by atoms with Gasteiger partial charge in [0.1, 0.15) is 28.5 Å². The van der Waals surface area contributed by atoms with Crippen molar-refractivity contribution < 1.29 is 23.8 Å². The van der Waals surface area contributed by atoms with Crippen molar-refractivity contribution in [3.63, 3.8) is 0 Å². The van der Waals surface area contributed by atoms with E-state index in [0.717, 1.165) is 60.4 Å². The Hall–Kier alpha value is -4.44. The number of piperidine rings is 1. The number of aliphatic hydroxyl groups is 1. The third-order valence-electron chi connectivity index (χ3n) is 10.6. The number of aromatic nitrogens is 4.